The van der Waals surface area contributed by atoms with Crippen LogP contribution in [0.2, 0.25) is 5.02 Å². The Hall–Kier alpha value is -0.830. The van der Waals surface area contributed by atoms with E-state index in [2.05, 4.69) is 72.3 Å². The van der Waals surface area contributed by atoms with Gasteiger partial charge in [-0.3, -0.25) is 0 Å². The third kappa shape index (κ3) is 4.57. The predicted octanol–water partition coefficient (Wildman–Crippen LogP) is 5.90. The standard InChI is InChI=1S/C18H21BrClN/c1-12(2)18(15-5-7-16(20)8-6-15)21-11-14-4-9-17(19)13(3)10-14/h4-10,12,18,21H,11H2,1-3H3. The molecule has 0 spiro atoms. The minimum absolute atomic E-state index is 0.325. The van der Waals surface area contributed by atoms with Gasteiger partial charge in [0.2, 0.25) is 0 Å². The number of hydrogen-bond acceptors (Lipinski definition) is 1. The molecule has 2 rings (SSSR count). The first-order chi connectivity index (χ1) is 9.97. The molecule has 1 N–H and O–H groups in total. The van der Waals surface area contributed by atoms with Gasteiger partial charge in [-0.1, -0.05) is 65.6 Å². The van der Waals surface area contributed by atoms with Crippen molar-refractivity contribution in [3.05, 3.63) is 68.7 Å². The smallest absolute Gasteiger partial charge is 0.0406 e. The zero-order chi connectivity index (χ0) is 15.4. The summed E-state index contributed by atoms with van der Waals surface area (Å²) in [4.78, 5) is 0. The summed E-state index contributed by atoms with van der Waals surface area (Å²) in [5, 5.41) is 4.44. The lowest BCUT2D eigenvalue weighted by atomic mass is 9.96. The molecule has 21 heavy (non-hydrogen) atoms. The van der Waals surface area contributed by atoms with Crippen molar-refractivity contribution >= 4 is 27.5 Å². The summed E-state index contributed by atoms with van der Waals surface area (Å²) < 4.78 is 1.16. The van der Waals surface area contributed by atoms with Gasteiger partial charge in [0.05, 0.1) is 0 Å². The number of halogens is 2. The fourth-order valence-electron chi connectivity index (χ4n) is 2.45. The fourth-order valence-corrected chi connectivity index (χ4v) is 2.83. The minimum atomic E-state index is 0.325. The molecule has 0 aliphatic heterocycles. The molecule has 0 saturated heterocycles. The summed E-state index contributed by atoms with van der Waals surface area (Å²) in [5.41, 5.74) is 3.85. The molecule has 2 aromatic rings. The van der Waals surface area contributed by atoms with Crippen molar-refractivity contribution in [2.45, 2.75) is 33.4 Å². The summed E-state index contributed by atoms with van der Waals surface area (Å²) in [6.45, 7) is 7.45. The molecule has 0 radical (unpaired) electrons. The highest BCUT2D eigenvalue weighted by Gasteiger charge is 2.15. The highest BCUT2D eigenvalue weighted by Crippen LogP contribution is 2.24. The third-order valence-corrected chi connectivity index (χ3v) is 4.79. The van der Waals surface area contributed by atoms with Crippen LogP contribution in [0.1, 0.15) is 36.6 Å². The molecule has 1 atom stereocenters. The van der Waals surface area contributed by atoms with Gasteiger partial charge in [-0.2, -0.15) is 0 Å². The maximum atomic E-state index is 5.98. The summed E-state index contributed by atoms with van der Waals surface area (Å²) in [6.07, 6.45) is 0. The fraction of sp³-hybridized carbons (Fsp3) is 0.333. The van der Waals surface area contributed by atoms with Crippen LogP contribution >= 0.6 is 27.5 Å². The van der Waals surface area contributed by atoms with Crippen LogP contribution in [-0.4, -0.2) is 0 Å². The Labute approximate surface area is 140 Å². The first-order valence-electron chi connectivity index (χ1n) is 7.21. The Bertz CT molecular complexity index is 593. The maximum Gasteiger partial charge on any atom is 0.0406 e. The molecule has 0 bridgehead atoms. The van der Waals surface area contributed by atoms with Crippen LogP contribution in [0.3, 0.4) is 0 Å². The van der Waals surface area contributed by atoms with Crippen molar-refractivity contribution in [2.75, 3.05) is 0 Å². The van der Waals surface area contributed by atoms with Gasteiger partial charge in [-0.25, -0.2) is 0 Å². The van der Waals surface area contributed by atoms with Crippen LogP contribution in [-0.2, 0) is 6.54 Å². The predicted molar refractivity (Wildman–Crippen MR) is 94.7 cm³/mol. The van der Waals surface area contributed by atoms with E-state index < -0.39 is 0 Å². The van der Waals surface area contributed by atoms with Gasteiger partial charge in [-0.05, 0) is 47.7 Å². The van der Waals surface area contributed by atoms with Crippen LogP contribution in [0, 0.1) is 12.8 Å². The van der Waals surface area contributed by atoms with Crippen molar-refractivity contribution in [1.29, 1.82) is 0 Å². The second kappa shape index (κ2) is 7.44. The largest absolute Gasteiger partial charge is 0.306 e. The number of rotatable bonds is 5. The second-order valence-corrected chi connectivity index (χ2v) is 7.03. The van der Waals surface area contributed by atoms with Crippen molar-refractivity contribution in [2.24, 2.45) is 5.92 Å². The molecule has 0 aromatic heterocycles. The van der Waals surface area contributed by atoms with E-state index >= 15 is 0 Å². The summed E-state index contributed by atoms with van der Waals surface area (Å²) in [5.74, 6) is 0.516. The van der Waals surface area contributed by atoms with E-state index in [4.69, 9.17) is 11.6 Å². The SMILES string of the molecule is Cc1cc(CNC(c2ccc(Cl)cc2)C(C)C)ccc1Br. The zero-order valence-electron chi connectivity index (χ0n) is 12.7. The maximum absolute atomic E-state index is 5.98. The Balaban J connectivity index is 2.09. The molecule has 112 valence electrons. The third-order valence-electron chi connectivity index (χ3n) is 3.64. The van der Waals surface area contributed by atoms with Crippen LogP contribution in [0.4, 0.5) is 0 Å². The summed E-state index contributed by atoms with van der Waals surface area (Å²) >= 11 is 9.52. The Morgan fingerprint density at radius 3 is 2.33 bits per heavy atom. The van der Waals surface area contributed by atoms with Gasteiger partial charge in [0.1, 0.15) is 0 Å². The average Bonchev–Trinajstić information content (AvgIpc) is 2.44. The van der Waals surface area contributed by atoms with E-state index in [1.54, 1.807) is 0 Å². The Morgan fingerprint density at radius 1 is 1.10 bits per heavy atom. The van der Waals surface area contributed by atoms with Crippen LogP contribution in [0.5, 0.6) is 0 Å². The van der Waals surface area contributed by atoms with E-state index in [9.17, 15) is 0 Å². The molecule has 1 unspecified atom stereocenters. The number of aryl methyl sites for hydroxylation is 1. The van der Waals surface area contributed by atoms with Gasteiger partial charge in [0, 0.05) is 22.1 Å². The van der Waals surface area contributed by atoms with E-state index in [1.165, 1.54) is 16.7 Å². The van der Waals surface area contributed by atoms with Gasteiger partial charge in [0.25, 0.3) is 0 Å². The van der Waals surface area contributed by atoms with Crippen LogP contribution in [0.15, 0.2) is 46.9 Å². The van der Waals surface area contributed by atoms with Crippen molar-refractivity contribution < 1.29 is 0 Å². The second-order valence-electron chi connectivity index (χ2n) is 5.74. The lowest BCUT2D eigenvalue weighted by Gasteiger charge is -2.23. The van der Waals surface area contributed by atoms with Crippen molar-refractivity contribution in [1.82, 2.24) is 5.32 Å². The number of benzene rings is 2. The molecular weight excluding hydrogens is 346 g/mol. The number of nitrogens with one attached hydrogen (secondary N) is 1. The Kier molecular flexibility index (Phi) is 5.86. The minimum Gasteiger partial charge on any atom is -0.306 e. The first kappa shape index (κ1) is 16.5. The zero-order valence-corrected chi connectivity index (χ0v) is 15.0. The molecule has 0 saturated carbocycles. The van der Waals surface area contributed by atoms with Gasteiger partial charge >= 0.3 is 0 Å². The topological polar surface area (TPSA) is 12.0 Å². The average molecular weight is 367 g/mol. The van der Waals surface area contributed by atoms with E-state index in [0.29, 0.717) is 12.0 Å². The number of hydrogen-bond donors (Lipinski definition) is 1. The first-order valence-corrected chi connectivity index (χ1v) is 8.38. The molecular formula is C18H21BrClN. The van der Waals surface area contributed by atoms with Gasteiger partial charge in [0.15, 0.2) is 0 Å². The van der Waals surface area contributed by atoms with E-state index in [0.717, 1.165) is 16.0 Å². The molecule has 1 nitrogen and oxygen atoms in total. The summed E-state index contributed by atoms with van der Waals surface area (Å²) in [7, 11) is 0. The molecule has 0 heterocycles. The van der Waals surface area contributed by atoms with Crippen LogP contribution in [0.25, 0.3) is 0 Å². The Morgan fingerprint density at radius 2 is 1.76 bits per heavy atom. The van der Waals surface area contributed by atoms with Crippen molar-refractivity contribution in [3.8, 4) is 0 Å². The van der Waals surface area contributed by atoms with Gasteiger partial charge in [-0.15, -0.1) is 0 Å². The molecule has 3 heteroatoms. The molecule has 2 aromatic carbocycles. The molecule has 0 amide bonds. The van der Waals surface area contributed by atoms with Gasteiger partial charge < -0.3 is 5.32 Å². The molecule has 0 aliphatic carbocycles. The van der Waals surface area contributed by atoms with E-state index in [1.807, 2.05) is 12.1 Å². The normalized spacial score (nSPS) is 12.7. The lowest BCUT2D eigenvalue weighted by molar-refractivity contribution is 0.410. The van der Waals surface area contributed by atoms with Crippen LogP contribution < -0.4 is 5.32 Å². The molecule has 0 fully saturated rings. The lowest BCUT2D eigenvalue weighted by Crippen LogP contribution is -2.25. The monoisotopic (exact) mass is 365 g/mol. The summed E-state index contributed by atoms with van der Waals surface area (Å²) in [6, 6.07) is 14.9. The quantitative estimate of drug-likeness (QED) is 0.695. The van der Waals surface area contributed by atoms with Crippen molar-refractivity contribution in [3.63, 3.8) is 0 Å². The highest BCUT2D eigenvalue weighted by atomic mass is 79.9. The van der Waals surface area contributed by atoms with E-state index in [-0.39, 0.29) is 0 Å². The molecule has 0 aliphatic rings. The highest BCUT2D eigenvalue weighted by molar-refractivity contribution is 9.10.